The third kappa shape index (κ3) is 8.07. The quantitative estimate of drug-likeness (QED) is 0.408. The molecule has 2 amide bonds. The average molecular weight is 475 g/mol. The Morgan fingerprint density at radius 3 is 2.12 bits per heavy atom. The third-order valence-electron chi connectivity index (χ3n) is 5.31. The predicted molar refractivity (Wildman–Crippen MR) is 141 cm³/mol. The standard InChI is InChI=1S/C29H34N2O2S/c1-22-12-11-15-24(18-22)20-31(27(32)21-34-25-16-9-6-10-17-25)26(28(33)30-29(2,3)4)19-23-13-7-5-8-14-23/h5-18,26H,19-21H2,1-4H3,(H,30,33)/t26-/m1/s1. The van der Waals surface area contributed by atoms with Gasteiger partial charge in [-0.2, -0.15) is 0 Å². The van der Waals surface area contributed by atoms with Gasteiger partial charge in [-0.25, -0.2) is 0 Å². The molecule has 3 aromatic carbocycles. The second-order valence-corrected chi connectivity index (χ2v) is 10.6. The summed E-state index contributed by atoms with van der Waals surface area (Å²) >= 11 is 1.50. The van der Waals surface area contributed by atoms with Gasteiger partial charge in [0.2, 0.25) is 11.8 Å². The van der Waals surface area contributed by atoms with Crippen LogP contribution in [0.3, 0.4) is 0 Å². The Bertz CT molecular complexity index is 1080. The fraction of sp³-hybridized carbons (Fsp3) is 0.310. The number of hydrogen-bond acceptors (Lipinski definition) is 3. The van der Waals surface area contributed by atoms with Gasteiger partial charge in [0.25, 0.3) is 0 Å². The third-order valence-corrected chi connectivity index (χ3v) is 6.31. The van der Waals surface area contributed by atoms with Crippen molar-refractivity contribution in [3.63, 3.8) is 0 Å². The fourth-order valence-electron chi connectivity index (χ4n) is 3.76. The number of carbonyl (C=O) groups excluding carboxylic acids is 2. The molecule has 34 heavy (non-hydrogen) atoms. The number of benzene rings is 3. The van der Waals surface area contributed by atoms with Crippen molar-refractivity contribution in [1.82, 2.24) is 10.2 Å². The van der Waals surface area contributed by atoms with E-state index in [-0.39, 0.29) is 17.6 Å². The van der Waals surface area contributed by atoms with E-state index in [1.54, 1.807) is 4.90 Å². The van der Waals surface area contributed by atoms with E-state index in [1.807, 2.05) is 107 Å². The molecule has 0 saturated carbocycles. The zero-order chi connectivity index (χ0) is 24.6. The number of nitrogens with zero attached hydrogens (tertiary/aromatic N) is 1. The Morgan fingerprint density at radius 2 is 1.50 bits per heavy atom. The highest BCUT2D eigenvalue weighted by atomic mass is 32.2. The van der Waals surface area contributed by atoms with Crippen LogP contribution in [0.5, 0.6) is 0 Å². The lowest BCUT2D eigenvalue weighted by Crippen LogP contribution is -2.54. The zero-order valence-corrected chi connectivity index (χ0v) is 21.3. The molecule has 178 valence electrons. The van der Waals surface area contributed by atoms with Crippen molar-refractivity contribution < 1.29 is 9.59 Å². The number of rotatable bonds is 9. The summed E-state index contributed by atoms with van der Waals surface area (Å²) in [7, 11) is 0. The van der Waals surface area contributed by atoms with Gasteiger partial charge >= 0.3 is 0 Å². The highest BCUT2D eigenvalue weighted by Crippen LogP contribution is 2.21. The van der Waals surface area contributed by atoms with Gasteiger partial charge in [0, 0.05) is 23.4 Å². The summed E-state index contributed by atoms with van der Waals surface area (Å²) < 4.78 is 0. The van der Waals surface area contributed by atoms with Gasteiger partial charge in [0.05, 0.1) is 5.75 Å². The van der Waals surface area contributed by atoms with Gasteiger partial charge in [0.15, 0.2) is 0 Å². The van der Waals surface area contributed by atoms with Gasteiger partial charge in [-0.1, -0.05) is 78.4 Å². The Labute approximate surface area is 207 Å². The molecule has 0 heterocycles. The number of nitrogens with one attached hydrogen (secondary N) is 1. The van der Waals surface area contributed by atoms with Crippen molar-refractivity contribution in [2.24, 2.45) is 0 Å². The molecule has 1 N–H and O–H groups in total. The summed E-state index contributed by atoms with van der Waals surface area (Å²) in [5.41, 5.74) is 2.76. The van der Waals surface area contributed by atoms with Crippen LogP contribution in [0.15, 0.2) is 89.8 Å². The highest BCUT2D eigenvalue weighted by Gasteiger charge is 2.32. The molecule has 3 aromatic rings. The summed E-state index contributed by atoms with van der Waals surface area (Å²) in [4.78, 5) is 29.9. The molecule has 0 aromatic heterocycles. The SMILES string of the molecule is Cc1cccc(CN(C(=O)CSc2ccccc2)[C@H](Cc2ccccc2)C(=O)NC(C)(C)C)c1. The van der Waals surface area contributed by atoms with E-state index in [0.29, 0.717) is 13.0 Å². The molecule has 3 rings (SSSR count). The lowest BCUT2D eigenvalue weighted by Gasteiger charge is -2.34. The number of amides is 2. The monoisotopic (exact) mass is 474 g/mol. The van der Waals surface area contributed by atoms with Crippen LogP contribution in [-0.2, 0) is 22.6 Å². The molecule has 0 aliphatic heterocycles. The second-order valence-electron chi connectivity index (χ2n) is 9.56. The van der Waals surface area contributed by atoms with Crippen molar-refractivity contribution in [2.45, 2.75) is 57.1 Å². The van der Waals surface area contributed by atoms with Crippen molar-refractivity contribution in [2.75, 3.05) is 5.75 Å². The molecule has 0 saturated heterocycles. The van der Waals surface area contributed by atoms with Gasteiger partial charge in [-0.3, -0.25) is 9.59 Å². The summed E-state index contributed by atoms with van der Waals surface area (Å²) in [6.07, 6.45) is 0.455. The molecule has 1 atom stereocenters. The average Bonchev–Trinajstić information content (AvgIpc) is 2.80. The lowest BCUT2D eigenvalue weighted by molar-refractivity contribution is -0.140. The molecule has 0 aliphatic rings. The van der Waals surface area contributed by atoms with Crippen LogP contribution >= 0.6 is 11.8 Å². The fourth-order valence-corrected chi connectivity index (χ4v) is 4.56. The molecular formula is C29H34N2O2S. The van der Waals surface area contributed by atoms with Crippen molar-refractivity contribution >= 4 is 23.6 Å². The molecule has 0 aliphatic carbocycles. The van der Waals surface area contributed by atoms with Crippen molar-refractivity contribution in [1.29, 1.82) is 0 Å². The smallest absolute Gasteiger partial charge is 0.243 e. The summed E-state index contributed by atoms with van der Waals surface area (Å²) in [6.45, 7) is 8.30. The first-order valence-electron chi connectivity index (χ1n) is 11.6. The predicted octanol–water partition coefficient (Wildman–Crippen LogP) is 5.64. The summed E-state index contributed by atoms with van der Waals surface area (Å²) in [5.74, 6) is 0.0756. The van der Waals surface area contributed by atoms with Crippen molar-refractivity contribution in [3.8, 4) is 0 Å². The minimum Gasteiger partial charge on any atom is -0.350 e. The van der Waals surface area contributed by atoms with Crippen LogP contribution in [0.25, 0.3) is 0 Å². The number of thioether (sulfide) groups is 1. The van der Waals surface area contributed by atoms with E-state index in [1.165, 1.54) is 11.8 Å². The topological polar surface area (TPSA) is 49.4 Å². The van der Waals surface area contributed by atoms with E-state index < -0.39 is 11.6 Å². The first-order valence-corrected chi connectivity index (χ1v) is 12.6. The van der Waals surface area contributed by atoms with E-state index >= 15 is 0 Å². The van der Waals surface area contributed by atoms with Crippen LogP contribution in [0.2, 0.25) is 0 Å². The van der Waals surface area contributed by atoms with Gasteiger partial charge in [-0.15, -0.1) is 11.8 Å². The van der Waals surface area contributed by atoms with Crippen molar-refractivity contribution in [3.05, 3.63) is 102 Å². The van der Waals surface area contributed by atoms with Crippen LogP contribution in [-0.4, -0.2) is 34.0 Å². The number of hydrogen-bond donors (Lipinski definition) is 1. The molecule has 0 spiro atoms. The minimum atomic E-state index is -0.619. The Hall–Kier alpha value is -3.05. The molecular weight excluding hydrogens is 440 g/mol. The molecule has 0 bridgehead atoms. The maximum absolute atomic E-state index is 13.6. The minimum absolute atomic E-state index is 0.0552. The van der Waals surface area contributed by atoms with E-state index in [0.717, 1.165) is 21.6 Å². The summed E-state index contributed by atoms with van der Waals surface area (Å²) in [5, 5.41) is 3.11. The first-order chi connectivity index (χ1) is 16.2. The number of aryl methyl sites for hydroxylation is 1. The molecule has 0 fully saturated rings. The van der Waals surface area contributed by atoms with E-state index in [9.17, 15) is 9.59 Å². The maximum Gasteiger partial charge on any atom is 0.243 e. The van der Waals surface area contributed by atoms with Crippen LogP contribution < -0.4 is 5.32 Å². The molecule has 0 unspecified atom stereocenters. The maximum atomic E-state index is 13.6. The largest absolute Gasteiger partial charge is 0.350 e. The molecule has 5 heteroatoms. The van der Waals surface area contributed by atoms with Crippen LogP contribution in [0.4, 0.5) is 0 Å². The lowest BCUT2D eigenvalue weighted by atomic mass is 10.0. The summed E-state index contributed by atoms with van der Waals surface area (Å²) in [6, 6.07) is 27.3. The van der Waals surface area contributed by atoms with Gasteiger partial charge in [0.1, 0.15) is 6.04 Å². The van der Waals surface area contributed by atoms with E-state index in [4.69, 9.17) is 0 Å². The molecule has 0 radical (unpaired) electrons. The second kappa shape index (κ2) is 11.9. The zero-order valence-electron chi connectivity index (χ0n) is 20.5. The Balaban J connectivity index is 1.92. The Kier molecular flexibility index (Phi) is 8.94. The first kappa shape index (κ1) is 25.6. The van der Waals surface area contributed by atoms with Gasteiger partial charge in [-0.05, 0) is 51.0 Å². The van der Waals surface area contributed by atoms with Crippen LogP contribution in [0, 0.1) is 6.92 Å². The number of carbonyl (C=O) groups is 2. The van der Waals surface area contributed by atoms with Gasteiger partial charge < -0.3 is 10.2 Å². The molecule has 4 nitrogen and oxygen atoms in total. The Morgan fingerprint density at radius 1 is 0.882 bits per heavy atom. The normalized spacial score (nSPS) is 12.1. The van der Waals surface area contributed by atoms with Crippen LogP contribution in [0.1, 0.15) is 37.5 Å². The van der Waals surface area contributed by atoms with E-state index in [2.05, 4.69) is 11.4 Å². The highest BCUT2D eigenvalue weighted by molar-refractivity contribution is 8.00.